The van der Waals surface area contributed by atoms with Crippen molar-refractivity contribution in [3.8, 4) is 0 Å². The Bertz CT molecular complexity index is 359. The van der Waals surface area contributed by atoms with Crippen molar-refractivity contribution in [2.45, 2.75) is 40.2 Å². The molecule has 1 aromatic heterocycles. The van der Waals surface area contributed by atoms with Gasteiger partial charge in [-0.15, -0.1) is 0 Å². The van der Waals surface area contributed by atoms with Gasteiger partial charge in [-0.1, -0.05) is 18.3 Å². The van der Waals surface area contributed by atoms with Crippen molar-refractivity contribution in [1.82, 2.24) is 4.98 Å². The summed E-state index contributed by atoms with van der Waals surface area (Å²) in [5.74, 6) is 0.105. The lowest BCUT2D eigenvalue weighted by Crippen LogP contribution is -2.27. The van der Waals surface area contributed by atoms with Crippen LogP contribution in [0.5, 0.6) is 0 Å². The third kappa shape index (κ3) is 2.56. The van der Waals surface area contributed by atoms with Crippen LogP contribution in [0.15, 0.2) is 0 Å². The number of aromatic nitrogens is 1. The first kappa shape index (κ1) is 12.2. The summed E-state index contributed by atoms with van der Waals surface area (Å²) in [5, 5.41) is 0.937. The van der Waals surface area contributed by atoms with Crippen molar-refractivity contribution in [2.75, 3.05) is 11.9 Å². The average molecular weight is 226 g/mol. The zero-order valence-corrected chi connectivity index (χ0v) is 10.8. The Morgan fingerprint density at radius 2 is 2.20 bits per heavy atom. The molecular formula is C11H18N2OS. The molecule has 1 aromatic rings. The van der Waals surface area contributed by atoms with Gasteiger partial charge in [0, 0.05) is 20.0 Å². The smallest absolute Gasteiger partial charge is 0.186 e. The normalized spacial score (nSPS) is 12.6. The summed E-state index contributed by atoms with van der Waals surface area (Å²) in [7, 11) is 2.02. The number of Topliss-reactive ketones (excluding diaryl/α,β-unsaturated/α-hetero) is 1. The zero-order valence-electron chi connectivity index (χ0n) is 10.00. The maximum Gasteiger partial charge on any atom is 0.186 e. The van der Waals surface area contributed by atoms with Gasteiger partial charge >= 0.3 is 0 Å². The van der Waals surface area contributed by atoms with Crippen LogP contribution < -0.4 is 4.90 Å². The van der Waals surface area contributed by atoms with Gasteiger partial charge in [0.15, 0.2) is 10.9 Å². The summed E-state index contributed by atoms with van der Waals surface area (Å²) >= 11 is 1.48. The molecule has 15 heavy (non-hydrogen) atoms. The van der Waals surface area contributed by atoms with E-state index in [1.165, 1.54) is 11.3 Å². The predicted molar refractivity (Wildman–Crippen MR) is 65.0 cm³/mol. The van der Waals surface area contributed by atoms with E-state index in [0.717, 1.165) is 22.1 Å². The van der Waals surface area contributed by atoms with Gasteiger partial charge in [-0.3, -0.25) is 4.79 Å². The monoisotopic (exact) mass is 226 g/mol. The molecule has 0 saturated heterocycles. The molecule has 0 aliphatic heterocycles. The summed E-state index contributed by atoms with van der Waals surface area (Å²) in [6, 6.07) is 0.454. The van der Waals surface area contributed by atoms with Crippen LogP contribution in [0.3, 0.4) is 0 Å². The number of aryl methyl sites for hydroxylation is 1. The Labute approximate surface area is 95.1 Å². The molecule has 0 bridgehead atoms. The molecule has 0 saturated carbocycles. The van der Waals surface area contributed by atoms with Crippen molar-refractivity contribution in [3.63, 3.8) is 0 Å². The topological polar surface area (TPSA) is 33.2 Å². The summed E-state index contributed by atoms with van der Waals surface area (Å²) in [5.41, 5.74) is 0.845. The Morgan fingerprint density at radius 1 is 1.60 bits per heavy atom. The Balaban J connectivity index is 2.97. The number of ketones is 1. The van der Waals surface area contributed by atoms with Crippen LogP contribution in [-0.2, 0) is 0 Å². The van der Waals surface area contributed by atoms with Crippen LogP contribution in [0.1, 0.15) is 42.6 Å². The minimum Gasteiger partial charge on any atom is -0.348 e. The lowest BCUT2D eigenvalue weighted by atomic mass is 10.2. The summed E-state index contributed by atoms with van der Waals surface area (Å²) in [4.78, 5) is 18.6. The van der Waals surface area contributed by atoms with E-state index in [2.05, 4.69) is 23.7 Å². The zero-order chi connectivity index (χ0) is 11.6. The first-order chi connectivity index (χ1) is 6.97. The van der Waals surface area contributed by atoms with Crippen molar-refractivity contribution in [2.24, 2.45) is 0 Å². The van der Waals surface area contributed by atoms with Gasteiger partial charge in [-0.05, 0) is 20.3 Å². The molecule has 0 amide bonds. The van der Waals surface area contributed by atoms with Crippen LogP contribution >= 0.6 is 11.3 Å². The molecule has 0 radical (unpaired) electrons. The standard InChI is InChI=1S/C11H18N2OS/c1-6-7(2)13(5)11-12-8(3)10(15-11)9(4)14/h7H,6H2,1-5H3. The third-order valence-corrected chi connectivity index (χ3v) is 4.01. The van der Waals surface area contributed by atoms with E-state index in [4.69, 9.17) is 0 Å². The SMILES string of the molecule is CCC(C)N(C)c1nc(C)c(C(C)=O)s1. The lowest BCUT2D eigenvalue weighted by molar-refractivity contribution is 0.102. The predicted octanol–water partition coefficient (Wildman–Crippen LogP) is 2.89. The highest BCUT2D eigenvalue weighted by Gasteiger charge is 2.16. The second-order valence-electron chi connectivity index (χ2n) is 3.84. The van der Waals surface area contributed by atoms with E-state index < -0.39 is 0 Å². The molecule has 0 aliphatic carbocycles. The molecule has 0 fully saturated rings. The summed E-state index contributed by atoms with van der Waals surface area (Å²) in [6.07, 6.45) is 1.07. The molecular weight excluding hydrogens is 208 g/mol. The molecule has 0 spiro atoms. The highest BCUT2D eigenvalue weighted by atomic mass is 32.1. The Hall–Kier alpha value is -0.900. The van der Waals surface area contributed by atoms with Gasteiger partial charge in [0.1, 0.15) is 0 Å². The van der Waals surface area contributed by atoms with Crippen molar-refractivity contribution >= 4 is 22.3 Å². The Morgan fingerprint density at radius 3 is 2.60 bits per heavy atom. The maximum absolute atomic E-state index is 11.3. The minimum atomic E-state index is 0.105. The third-order valence-electron chi connectivity index (χ3n) is 2.66. The fourth-order valence-electron chi connectivity index (χ4n) is 1.32. The highest BCUT2D eigenvalue weighted by Crippen LogP contribution is 2.27. The summed E-state index contributed by atoms with van der Waals surface area (Å²) < 4.78 is 0. The maximum atomic E-state index is 11.3. The second-order valence-corrected chi connectivity index (χ2v) is 4.81. The molecule has 1 rings (SSSR count). The lowest BCUT2D eigenvalue weighted by Gasteiger charge is -2.22. The number of hydrogen-bond donors (Lipinski definition) is 0. The van der Waals surface area contributed by atoms with E-state index in [1.807, 2.05) is 14.0 Å². The van der Waals surface area contributed by atoms with E-state index in [-0.39, 0.29) is 5.78 Å². The molecule has 0 aliphatic rings. The van der Waals surface area contributed by atoms with Crippen molar-refractivity contribution < 1.29 is 4.79 Å². The fourth-order valence-corrected chi connectivity index (χ4v) is 2.35. The molecule has 0 N–H and O–H groups in total. The largest absolute Gasteiger partial charge is 0.348 e. The first-order valence-electron chi connectivity index (χ1n) is 5.18. The minimum absolute atomic E-state index is 0.105. The van der Waals surface area contributed by atoms with Gasteiger partial charge in [-0.2, -0.15) is 0 Å². The van der Waals surface area contributed by atoms with E-state index >= 15 is 0 Å². The quantitative estimate of drug-likeness (QED) is 0.740. The number of thiazole rings is 1. The average Bonchev–Trinajstić information content (AvgIpc) is 2.58. The van der Waals surface area contributed by atoms with Crippen molar-refractivity contribution in [3.05, 3.63) is 10.6 Å². The molecule has 1 atom stereocenters. The molecule has 4 heteroatoms. The molecule has 1 heterocycles. The molecule has 1 unspecified atom stereocenters. The van der Waals surface area contributed by atoms with Gasteiger partial charge in [0.2, 0.25) is 0 Å². The number of carbonyl (C=O) groups is 1. The molecule has 84 valence electrons. The van der Waals surface area contributed by atoms with E-state index in [9.17, 15) is 4.79 Å². The number of hydrogen-bond acceptors (Lipinski definition) is 4. The molecule has 3 nitrogen and oxygen atoms in total. The van der Waals surface area contributed by atoms with Crippen molar-refractivity contribution in [1.29, 1.82) is 0 Å². The second kappa shape index (κ2) is 4.75. The summed E-state index contributed by atoms with van der Waals surface area (Å²) in [6.45, 7) is 7.78. The molecule has 0 aromatic carbocycles. The first-order valence-corrected chi connectivity index (χ1v) is 6.00. The number of carbonyl (C=O) groups excluding carboxylic acids is 1. The van der Waals surface area contributed by atoms with Crippen LogP contribution in [0, 0.1) is 6.92 Å². The highest BCUT2D eigenvalue weighted by molar-refractivity contribution is 7.17. The van der Waals surface area contributed by atoms with Crippen LogP contribution in [0.4, 0.5) is 5.13 Å². The number of nitrogens with zero attached hydrogens (tertiary/aromatic N) is 2. The van der Waals surface area contributed by atoms with Gasteiger partial charge in [0.25, 0.3) is 0 Å². The fraction of sp³-hybridized carbons (Fsp3) is 0.636. The number of rotatable bonds is 4. The number of anilines is 1. The van der Waals surface area contributed by atoms with Gasteiger partial charge < -0.3 is 4.90 Å². The Kier molecular flexibility index (Phi) is 3.85. The van der Waals surface area contributed by atoms with Crippen LogP contribution in [0.25, 0.3) is 0 Å². The van der Waals surface area contributed by atoms with Gasteiger partial charge in [0.05, 0.1) is 10.6 Å². The van der Waals surface area contributed by atoms with Crippen LogP contribution in [0.2, 0.25) is 0 Å². The van der Waals surface area contributed by atoms with Crippen LogP contribution in [-0.4, -0.2) is 23.9 Å². The van der Waals surface area contributed by atoms with E-state index in [1.54, 1.807) is 6.92 Å². The van der Waals surface area contributed by atoms with Gasteiger partial charge in [-0.25, -0.2) is 4.98 Å². The van der Waals surface area contributed by atoms with E-state index in [0.29, 0.717) is 6.04 Å².